The smallest absolute Gasteiger partial charge is 0.231 e. The first-order valence-electron chi connectivity index (χ1n) is 10.9. The molecular formula is C24H22BrCl2N7O. The van der Waals surface area contributed by atoms with E-state index in [2.05, 4.69) is 41.1 Å². The van der Waals surface area contributed by atoms with Crippen molar-refractivity contribution in [2.75, 3.05) is 0 Å². The predicted molar refractivity (Wildman–Crippen MR) is 140 cm³/mol. The number of hydrazone groups is 1. The van der Waals surface area contributed by atoms with Crippen molar-refractivity contribution in [1.29, 1.82) is 0 Å². The Balaban J connectivity index is 1.72. The first-order chi connectivity index (χ1) is 16.7. The zero-order valence-electron chi connectivity index (χ0n) is 19.2. The fourth-order valence-corrected chi connectivity index (χ4v) is 4.52. The lowest BCUT2D eigenvalue weighted by Crippen LogP contribution is -2.22. The summed E-state index contributed by atoms with van der Waals surface area (Å²) in [5, 5.41) is 9.80. The Morgan fingerprint density at radius 3 is 2.51 bits per heavy atom. The maximum atomic E-state index is 6.65. The Morgan fingerprint density at radius 2 is 1.89 bits per heavy atom. The van der Waals surface area contributed by atoms with Gasteiger partial charge in [0.2, 0.25) is 12.1 Å². The number of halogens is 3. The summed E-state index contributed by atoms with van der Waals surface area (Å²) < 4.78 is 11.0. The van der Waals surface area contributed by atoms with Crippen molar-refractivity contribution in [3.63, 3.8) is 0 Å². The number of ether oxygens (including phenoxy) is 1. The highest BCUT2D eigenvalue weighted by Crippen LogP contribution is 2.37. The van der Waals surface area contributed by atoms with E-state index < -0.39 is 6.23 Å². The highest BCUT2D eigenvalue weighted by atomic mass is 79.9. The number of hydrogen-bond donors (Lipinski definition) is 1. The molecular weight excluding hydrogens is 553 g/mol. The van der Waals surface area contributed by atoms with Crippen LogP contribution in [0.1, 0.15) is 38.4 Å². The summed E-state index contributed by atoms with van der Waals surface area (Å²) in [4.78, 5) is 9.15. The average molecular weight is 575 g/mol. The van der Waals surface area contributed by atoms with Gasteiger partial charge in [-0.1, -0.05) is 59.9 Å². The lowest BCUT2D eigenvalue weighted by atomic mass is 9.97. The van der Waals surface area contributed by atoms with E-state index in [1.165, 1.54) is 6.33 Å². The molecule has 2 aromatic carbocycles. The third-order valence-electron chi connectivity index (χ3n) is 5.44. The van der Waals surface area contributed by atoms with Crippen LogP contribution in [0.4, 0.5) is 0 Å². The van der Waals surface area contributed by atoms with Crippen molar-refractivity contribution in [2.24, 2.45) is 10.5 Å². The van der Waals surface area contributed by atoms with Gasteiger partial charge in [-0.25, -0.2) is 14.6 Å². The number of rotatable bonds is 5. The molecule has 11 heteroatoms. The van der Waals surface area contributed by atoms with E-state index in [0.717, 1.165) is 21.4 Å². The molecule has 1 aliphatic heterocycles. The number of nitrogens with one attached hydrogen (secondary N) is 1. The van der Waals surface area contributed by atoms with E-state index >= 15 is 0 Å². The molecule has 0 spiro atoms. The monoisotopic (exact) mass is 573 g/mol. The Bertz CT molecular complexity index is 1390. The van der Waals surface area contributed by atoms with E-state index in [-0.39, 0.29) is 5.41 Å². The summed E-state index contributed by atoms with van der Waals surface area (Å²) in [7, 11) is 0. The van der Waals surface area contributed by atoms with Gasteiger partial charge in [0.15, 0.2) is 0 Å². The highest BCUT2D eigenvalue weighted by molar-refractivity contribution is 9.10. The highest BCUT2D eigenvalue weighted by Gasteiger charge is 2.35. The average Bonchev–Trinajstić information content (AvgIpc) is 3.55. The third-order valence-corrected chi connectivity index (χ3v) is 6.52. The number of imidazole rings is 1. The largest absolute Gasteiger partial charge is 0.448 e. The molecule has 0 aliphatic carbocycles. The summed E-state index contributed by atoms with van der Waals surface area (Å²) in [6.45, 7) is 6.54. The zero-order chi connectivity index (χ0) is 24.7. The van der Waals surface area contributed by atoms with Crippen molar-refractivity contribution in [2.45, 2.75) is 33.5 Å². The molecule has 0 radical (unpaired) electrons. The normalized spacial score (nSPS) is 15.6. The molecule has 2 aromatic heterocycles. The molecule has 1 aliphatic rings. The number of benzene rings is 2. The van der Waals surface area contributed by atoms with Crippen LogP contribution in [0, 0.1) is 5.41 Å². The first kappa shape index (κ1) is 23.8. The molecule has 0 amide bonds. The summed E-state index contributed by atoms with van der Waals surface area (Å²) in [6, 6.07) is 13.3. The van der Waals surface area contributed by atoms with Crippen molar-refractivity contribution in [3.8, 4) is 17.1 Å². The fraction of sp³-hybridized carbons (Fsp3) is 0.250. The second-order valence-electron chi connectivity index (χ2n) is 9.09. The van der Waals surface area contributed by atoms with Crippen LogP contribution < -0.4 is 5.43 Å². The molecule has 0 fully saturated rings. The van der Waals surface area contributed by atoms with Gasteiger partial charge in [0.25, 0.3) is 0 Å². The summed E-state index contributed by atoms with van der Waals surface area (Å²) in [6.07, 6.45) is 2.59. The molecule has 5 rings (SSSR count). The molecule has 1 N–H and O–H groups in total. The van der Waals surface area contributed by atoms with Crippen LogP contribution in [-0.4, -0.2) is 30.2 Å². The van der Waals surface area contributed by atoms with Crippen molar-refractivity contribution in [3.05, 3.63) is 81.0 Å². The Kier molecular flexibility index (Phi) is 6.33. The van der Waals surface area contributed by atoms with Crippen LogP contribution in [0.15, 0.2) is 64.7 Å². The number of hydrogen-bond acceptors (Lipinski definition) is 6. The van der Waals surface area contributed by atoms with Crippen LogP contribution in [0.5, 0.6) is 0 Å². The second kappa shape index (κ2) is 9.29. The van der Waals surface area contributed by atoms with Gasteiger partial charge in [-0.3, -0.25) is 9.99 Å². The van der Waals surface area contributed by atoms with Gasteiger partial charge in [-0.05, 0) is 42.5 Å². The van der Waals surface area contributed by atoms with Crippen molar-refractivity contribution < 1.29 is 4.74 Å². The molecule has 0 saturated carbocycles. The van der Waals surface area contributed by atoms with E-state index in [1.54, 1.807) is 23.1 Å². The number of nitrogens with zero attached hydrogens (tertiary/aromatic N) is 6. The second-order valence-corrected chi connectivity index (χ2v) is 10.8. The minimum atomic E-state index is -0.579. The van der Waals surface area contributed by atoms with Gasteiger partial charge in [-0.2, -0.15) is 5.10 Å². The van der Waals surface area contributed by atoms with Crippen LogP contribution in [0.2, 0.25) is 10.0 Å². The molecule has 1 atom stereocenters. The van der Waals surface area contributed by atoms with Crippen molar-refractivity contribution in [1.82, 2.24) is 29.7 Å². The molecule has 3 heterocycles. The molecule has 35 heavy (non-hydrogen) atoms. The molecule has 180 valence electrons. The van der Waals surface area contributed by atoms with Gasteiger partial charge in [0, 0.05) is 26.2 Å². The van der Waals surface area contributed by atoms with Gasteiger partial charge in [-0.15, -0.1) is 5.10 Å². The predicted octanol–water partition coefficient (Wildman–Crippen LogP) is 6.23. The van der Waals surface area contributed by atoms with E-state index in [9.17, 15) is 0 Å². The minimum absolute atomic E-state index is 0.260. The summed E-state index contributed by atoms with van der Waals surface area (Å²) >= 11 is 16.4. The first-order valence-corrected chi connectivity index (χ1v) is 12.4. The van der Waals surface area contributed by atoms with E-state index in [1.807, 2.05) is 51.1 Å². The standard InChI is InChI=1S/C24H22BrCl2N7O/c1-24(2,3)23-32-31-22(35-23)20-19(11-33-13-28-12-29-33)34(16-7-4-14(25)5-8-16)21(30-20)17-9-6-15(26)10-18(17)27/h4-10,12-13,22,31H,11H2,1-3H3. The zero-order valence-corrected chi connectivity index (χ0v) is 22.3. The maximum Gasteiger partial charge on any atom is 0.231 e. The molecule has 1 unspecified atom stereocenters. The summed E-state index contributed by atoms with van der Waals surface area (Å²) in [5.41, 5.74) is 6.01. The Hall–Kier alpha value is -2.88. The fourth-order valence-electron chi connectivity index (χ4n) is 3.76. The third kappa shape index (κ3) is 4.80. The van der Waals surface area contributed by atoms with E-state index in [0.29, 0.717) is 34.0 Å². The van der Waals surface area contributed by atoms with Crippen molar-refractivity contribution >= 4 is 45.0 Å². The van der Waals surface area contributed by atoms with Gasteiger partial charge >= 0.3 is 0 Å². The molecule has 0 bridgehead atoms. The van der Waals surface area contributed by atoms with Gasteiger partial charge in [0.1, 0.15) is 24.2 Å². The van der Waals surface area contributed by atoms with Gasteiger partial charge < -0.3 is 4.74 Å². The van der Waals surface area contributed by atoms with Crippen LogP contribution in [0.25, 0.3) is 17.1 Å². The number of aromatic nitrogens is 5. The summed E-state index contributed by atoms with van der Waals surface area (Å²) in [5.74, 6) is 1.26. The Morgan fingerprint density at radius 1 is 1.11 bits per heavy atom. The lowest BCUT2D eigenvalue weighted by Gasteiger charge is -2.19. The Labute approximate surface area is 221 Å². The van der Waals surface area contributed by atoms with Crippen LogP contribution >= 0.6 is 39.1 Å². The quantitative estimate of drug-likeness (QED) is 0.306. The van der Waals surface area contributed by atoms with Crippen LogP contribution in [0.3, 0.4) is 0 Å². The lowest BCUT2D eigenvalue weighted by molar-refractivity contribution is 0.167. The minimum Gasteiger partial charge on any atom is -0.448 e. The van der Waals surface area contributed by atoms with Gasteiger partial charge in [0.05, 0.1) is 17.3 Å². The molecule has 8 nitrogen and oxygen atoms in total. The maximum absolute atomic E-state index is 6.65. The molecule has 4 aromatic rings. The SMILES string of the molecule is CC(C)(C)C1=NNC(c2nc(-c3ccc(Cl)cc3Cl)n(-c3ccc(Br)cc3)c2Cn2cncn2)O1. The van der Waals surface area contributed by atoms with E-state index in [4.69, 9.17) is 32.9 Å². The van der Waals surface area contributed by atoms with Crippen LogP contribution in [-0.2, 0) is 11.3 Å². The topological polar surface area (TPSA) is 82.2 Å². The molecule has 0 saturated heterocycles.